The smallest absolute Gasteiger partial charge is 0.166 e. The summed E-state index contributed by atoms with van der Waals surface area (Å²) in [5.41, 5.74) is 0. The molecule has 0 amide bonds. The second-order valence-electron chi connectivity index (χ2n) is 3.10. The predicted molar refractivity (Wildman–Crippen MR) is 47.9 cm³/mol. The zero-order valence-electron chi connectivity index (χ0n) is 7.21. The number of rotatable bonds is 4. The van der Waals surface area contributed by atoms with E-state index in [9.17, 15) is 0 Å². The van der Waals surface area contributed by atoms with E-state index < -0.39 is 0 Å². The summed E-state index contributed by atoms with van der Waals surface area (Å²) in [7, 11) is 0. The molecule has 0 saturated carbocycles. The van der Waals surface area contributed by atoms with Gasteiger partial charge in [-0.2, -0.15) is 11.8 Å². The molecule has 66 valence electrons. The van der Waals surface area contributed by atoms with Crippen LogP contribution in [0.3, 0.4) is 0 Å². The van der Waals surface area contributed by atoms with Gasteiger partial charge >= 0.3 is 0 Å². The summed E-state index contributed by atoms with van der Waals surface area (Å²) < 4.78 is 10.6. The van der Waals surface area contributed by atoms with Crippen molar-refractivity contribution in [3.05, 3.63) is 0 Å². The molecule has 0 unspecified atom stereocenters. The second-order valence-corrected chi connectivity index (χ2v) is 4.18. The van der Waals surface area contributed by atoms with Gasteiger partial charge in [0, 0.05) is 5.75 Å². The van der Waals surface area contributed by atoms with Crippen molar-refractivity contribution < 1.29 is 9.47 Å². The number of hydrogen-bond donors (Lipinski definition) is 0. The Kier molecular flexibility index (Phi) is 4.26. The monoisotopic (exact) mass is 176 g/mol. The molecule has 0 spiro atoms. The predicted octanol–water partition coefficient (Wildman–Crippen LogP) is 1.75. The molecule has 1 aliphatic heterocycles. The molecule has 1 heterocycles. The molecule has 2 nitrogen and oxygen atoms in total. The Balaban J connectivity index is 1.94. The first-order valence-corrected chi connectivity index (χ1v) is 5.25. The maximum Gasteiger partial charge on any atom is 0.166 e. The van der Waals surface area contributed by atoms with Crippen LogP contribution >= 0.6 is 11.8 Å². The van der Waals surface area contributed by atoms with Crippen molar-refractivity contribution in [3.8, 4) is 0 Å². The van der Waals surface area contributed by atoms with Crippen molar-refractivity contribution >= 4 is 11.8 Å². The molecule has 1 rings (SSSR count). The largest absolute Gasteiger partial charge is 0.349 e. The summed E-state index contributed by atoms with van der Waals surface area (Å²) in [6.45, 7) is 5.99. The minimum Gasteiger partial charge on any atom is -0.349 e. The van der Waals surface area contributed by atoms with Crippen LogP contribution in [-0.4, -0.2) is 31.0 Å². The minimum atomic E-state index is 0.0683. The highest BCUT2D eigenvalue weighted by atomic mass is 32.2. The van der Waals surface area contributed by atoms with Crippen molar-refractivity contribution in [1.29, 1.82) is 0 Å². The molecule has 0 bridgehead atoms. The summed E-state index contributed by atoms with van der Waals surface area (Å²) in [5, 5.41) is 0. The van der Waals surface area contributed by atoms with Crippen LogP contribution in [0.25, 0.3) is 0 Å². The molecule has 1 fully saturated rings. The molecule has 3 heteroatoms. The van der Waals surface area contributed by atoms with Crippen molar-refractivity contribution in [3.63, 3.8) is 0 Å². The van der Waals surface area contributed by atoms with Crippen LogP contribution in [0.1, 0.15) is 13.8 Å². The van der Waals surface area contributed by atoms with Gasteiger partial charge in [-0.25, -0.2) is 0 Å². The van der Waals surface area contributed by atoms with Gasteiger partial charge in [0.25, 0.3) is 0 Å². The lowest BCUT2D eigenvalue weighted by Crippen LogP contribution is -2.11. The molecule has 0 radical (unpaired) electrons. The van der Waals surface area contributed by atoms with E-state index in [1.165, 1.54) is 5.75 Å². The third kappa shape index (κ3) is 3.99. The van der Waals surface area contributed by atoms with Gasteiger partial charge in [-0.1, -0.05) is 13.8 Å². The van der Waals surface area contributed by atoms with E-state index in [1.54, 1.807) is 0 Å². The fraction of sp³-hybridized carbons (Fsp3) is 1.00. The van der Waals surface area contributed by atoms with Gasteiger partial charge in [-0.05, 0) is 11.7 Å². The fourth-order valence-corrected chi connectivity index (χ4v) is 1.90. The lowest BCUT2D eigenvalue weighted by Gasteiger charge is -2.09. The van der Waals surface area contributed by atoms with E-state index in [4.69, 9.17) is 9.47 Å². The Bertz CT molecular complexity index is 100. The Morgan fingerprint density at radius 1 is 1.36 bits per heavy atom. The topological polar surface area (TPSA) is 18.5 Å². The lowest BCUT2D eigenvalue weighted by atomic mass is 10.3. The normalized spacial score (nSPS) is 19.9. The van der Waals surface area contributed by atoms with E-state index >= 15 is 0 Å². The van der Waals surface area contributed by atoms with Crippen LogP contribution in [-0.2, 0) is 9.47 Å². The molecule has 0 aromatic heterocycles. The zero-order chi connectivity index (χ0) is 8.10. The minimum absolute atomic E-state index is 0.0683. The first kappa shape index (κ1) is 9.36. The maximum atomic E-state index is 5.29. The zero-order valence-corrected chi connectivity index (χ0v) is 8.02. The van der Waals surface area contributed by atoms with Crippen LogP contribution in [0.5, 0.6) is 0 Å². The summed E-state index contributed by atoms with van der Waals surface area (Å²) in [5.74, 6) is 2.95. The van der Waals surface area contributed by atoms with Crippen molar-refractivity contribution in [2.75, 3.05) is 24.7 Å². The first-order chi connectivity index (χ1) is 5.29. The fourth-order valence-electron chi connectivity index (χ4n) is 0.903. The number of ether oxygens (including phenoxy) is 2. The summed E-state index contributed by atoms with van der Waals surface area (Å²) in [6.07, 6.45) is 0.0683. The number of hydrogen-bond acceptors (Lipinski definition) is 3. The quantitative estimate of drug-likeness (QED) is 0.650. The molecule has 11 heavy (non-hydrogen) atoms. The molecular weight excluding hydrogens is 160 g/mol. The number of thioether (sulfide) groups is 1. The third-order valence-corrected chi connectivity index (χ3v) is 2.81. The Labute approximate surface area is 72.6 Å². The van der Waals surface area contributed by atoms with Gasteiger partial charge in [-0.15, -0.1) is 0 Å². The molecule has 0 N–H and O–H groups in total. The third-order valence-electron chi connectivity index (χ3n) is 1.40. The molecular formula is C8H16O2S. The Hall–Kier alpha value is 0.270. The second kappa shape index (κ2) is 5.01. The highest BCUT2D eigenvalue weighted by molar-refractivity contribution is 7.99. The van der Waals surface area contributed by atoms with Crippen LogP contribution < -0.4 is 0 Å². The van der Waals surface area contributed by atoms with Crippen molar-refractivity contribution in [2.24, 2.45) is 5.92 Å². The summed E-state index contributed by atoms with van der Waals surface area (Å²) >= 11 is 1.91. The van der Waals surface area contributed by atoms with Gasteiger partial charge in [0.05, 0.1) is 13.2 Å². The van der Waals surface area contributed by atoms with Crippen LogP contribution in [0, 0.1) is 5.92 Å². The van der Waals surface area contributed by atoms with Crippen LogP contribution in [0.4, 0.5) is 0 Å². The van der Waals surface area contributed by atoms with E-state index in [0.717, 1.165) is 24.9 Å². The molecule has 1 aliphatic rings. The highest BCUT2D eigenvalue weighted by Crippen LogP contribution is 2.13. The average molecular weight is 176 g/mol. The molecule has 0 atom stereocenters. The van der Waals surface area contributed by atoms with E-state index in [1.807, 2.05) is 11.8 Å². The lowest BCUT2D eigenvalue weighted by molar-refractivity contribution is -0.0214. The maximum absolute atomic E-state index is 5.29. The van der Waals surface area contributed by atoms with Crippen molar-refractivity contribution in [2.45, 2.75) is 20.1 Å². The standard InChI is InChI=1S/C8H16O2S/c1-7(2)5-11-6-8-9-3-4-10-8/h7-8H,3-6H2,1-2H3. The van der Waals surface area contributed by atoms with Gasteiger partial charge in [0.15, 0.2) is 6.29 Å². The van der Waals surface area contributed by atoms with Gasteiger partial charge in [0.2, 0.25) is 0 Å². The van der Waals surface area contributed by atoms with Gasteiger partial charge in [-0.3, -0.25) is 0 Å². The first-order valence-electron chi connectivity index (χ1n) is 4.10. The van der Waals surface area contributed by atoms with E-state index in [-0.39, 0.29) is 6.29 Å². The molecule has 0 aromatic rings. The highest BCUT2D eigenvalue weighted by Gasteiger charge is 2.15. The summed E-state index contributed by atoms with van der Waals surface area (Å²) in [4.78, 5) is 0. The SMILES string of the molecule is CC(C)CSCC1OCCO1. The molecule has 1 saturated heterocycles. The summed E-state index contributed by atoms with van der Waals surface area (Å²) in [6, 6.07) is 0. The van der Waals surface area contributed by atoms with E-state index in [0.29, 0.717) is 0 Å². The molecule has 0 aliphatic carbocycles. The van der Waals surface area contributed by atoms with E-state index in [2.05, 4.69) is 13.8 Å². The van der Waals surface area contributed by atoms with Gasteiger partial charge in [0.1, 0.15) is 0 Å². The van der Waals surface area contributed by atoms with Crippen LogP contribution in [0.2, 0.25) is 0 Å². The van der Waals surface area contributed by atoms with Crippen molar-refractivity contribution in [1.82, 2.24) is 0 Å². The molecule has 0 aromatic carbocycles. The Morgan fingerprint density at radius 2 is 2.00 bits per heavy atom. The average Bonchev–Trinajstić information content (AvgIpc) is 2.39. The Morgan fingerprint density at radius 3 is 2.55 bits per heavy atom. The van der Waals surface area contributed by atoms with Gasteiger partial charge < -0.3 is 9.47 Å². The van der Waals surface area contributed by atoms with Crippen LogP contribution in [0.15, 0.2) is 0 Å².